The molecule has 0 fully saturated rings. The lowest BCUT2D eigenvalue weighted by Crippen LogP contribution is -2.20. The Balaban J connectivity index is 2.41. The fourth-order valence-electron chi connectivity index (χ4n) is 2.24. The zero-order valence-corrected chi connectivity index (χ0v) is 13.4. The molecule has 1 amide bonds. The number of allylic oxidation sites excluding steroid dienone is 1. The first-order valence-corrected chi connectivity index (χ1v) is 7.19. The van der Waals surface area contributed by atoms with Crippen molar-refractivity contribution in [3.8, 4) is 5.75 Å². The lowest BCUT2D eigenvalue weighted by Gasteiger charge is -2.14. The van der Waals surface area contributed by atoms with Crippen molar-refractivity contribution in [2.45, 2.75) is 0 Å². The van der Waals surface area contributed by atoms with Crippen LogP contribution in [0.5, 0.6) is 5.75 Å². The van der Waals surface area contributed by atoms with Crippen molar-refractivity contribution in [3.63, 3.8) is 0 Å². The first kappa shape index (κ1) is 17.2. The average molecular weight is 327 g/mol. The zero-order valence-electron chi connectivity index (χ0n) is 13.4. The Labute approximate surface area is 139 Å². The van der Waals surface area contributed by atoms with Gasteiger partial charge in [-0.2, -0.15) is 0 Å². The Hall–Kier alpha value is -3.15. The number of halogens is 1. The minimum atomic E-state index is -0.330. The predicted octanol–water partition coefficient (Wildman–Crippen LogP) is 2.86. The van der Waals surface area contributed by atoms with Crippen molar-refractivity contribution in [2.75, 3.05) is 19.9 Å². The van der Waals surface area contributed by atoms with Gasteiger partial charge in [0.25, 0.3) is 5.91 Å². The topological polar surface area (TPSA) is 88.2 Å². The van der Waals surface area contributed by atoms with Gasteiger partial charge < -0.3 is 21.2 Å². The lowest BCUT2D eigenvalue weighted by molar-refractivity contribution is 0.0960. The second kappa shape index (κ2) is 7.41. The van der Waals surface area contributed by atoms with E-state index >= 15 is 0 Å². The molecule has 0 unspecified atom stereocenters. The summed E-state index contributed by atoms with van der Waals surface area (Å²) in [5, 5.41) is 10.8. The standard InChI is InChI=1S/C18H18FN3O2/c1-22-18(23)13-8-10-15(21)16(17(13)24-2)14(20)9-5-11-3-6-12(19)7-4-11/h3-10,20H,21H2,1-2H3,(H,22,23)/b9-5+,20-14?. The third-order valence-electron chi connectivity index (χ3n) is 3.45. The molecule has 6 heteroatoms. The second-order valence-corrected chi connectivity index (χ2v) is 4.99. The average Bonchev–Trinajstić information content (AvgIpc) is 2.59. The molecule has 124 valence electrons. The smallest absolute Gasteiger partial charge is 0.254 e. The highest BCUT2D eigenvalue weighted by atomic mass is 19.1. The molecule has 0 saturated carbocycles. The summed E-state index contributed by atoms with van der Waals surface area (Å²) >= 11 is 0. The van der Waals surface area contributed by atoms with Crippen molar-refractivity contribution >= 4 is 23.4 Å². The van der Waals surface area contributed by atoms with Crippen LogP contribution in [0.4, 0.5) is 10.1 Å². The maximum Gasteiger partial charge on any atom is 0.254 e. The molecular weight excluding hydrogens is 309 g/mol. The molecule has 0 atom stereocenters. The number of anilines is 1. The predicted molar refractivity (Wildman–Crippen MR) is 93.1 cm³/mol. The van der Waals surface area contributed by atoms with Gasteiger partial charge in [0.05, 0.1) is 23.9 Å². The number of amides is 1. The molecule has 0 aliphatic carbocycles. The number of nitrogens with two attached hydrogens (primary N) is 1. The molecule has 2 rings (SSSR count). The number of nitrogen functional groups attached to an aromatic ring is 1. The van der Waals surface area contributed by atoms with E-state index in [1.165, 1.54) is 32.4 Å². The van der Waals surface area contributed by atoms with Crippen LogP contribution >= 0.6 is 0 Å². The summed E-state index contributed by atoms with van der Waals surface area (Å²) in [5.74, 6) is -0.419. The van der Waals surface area contributed by atoms with Crippen molar-refractivity contribution in [1.29, 1.82) is 5.41 Å². The van der Waals surface area contributed by atoms with Gasteiger partial charge in [0.2, 0.25) is 0 Å². The molecular formula is C18H18FN3O2. The van der Waals surface area contributed by atoms with Crippen molar-refractivity contribution in [1.82, 2.24) is 5.32 Å². The molecule has 2 aromatic rings. The Morgan fingerprint density at radius 1 is 1.25 bits per heavy atom. The molecule has 0 aliphatic rings. The van der Waals surface area contributed by atoms with E-state index in [2.05, 4.69) is 5.32 Å². The molecule has 0 saturated heterocycles. The fraction of sp³-hybridized carbons (Fsp3) is 0.111. The summed E-state index contributed by atoms with van der Waals surface area (Å²) in [6, 6.07) is 8.98. The Bertz CT molecular complexity index is 799. The highest BCUT2D eigenvalue weighted by molar-refractivity contribution is 6.15. The fourth-order valence-corrected chi connectivity index (χ4v) is 2.24. The van der Waals surface area contributed by atoms with Crippen molar-refractivity contribution in [3.05, 3.63) is 65.0 Å². The molecule has 0 heterocycles. The highest BCUT2D eigenvalue weighted by Gasteiger charge is 2.19. The van der Waals surface area contributed by atoms with Crippen LogP contribution in [0.3, 0.4) is 0 Å². The van der Waals surface area contributed by atoms with Gasteiger partial charge in [-0.3, -0.25) is 4.79 Å². The number of benzene rings is 2. The van der Waals surface area contributed by atoms with E-state index in [1.807, 2.05) is 0 Å². The zero-order chi connectivity index (χ0) is 17.7. The number of rotatable bonds is 5. The normalized spacial score (nSPS) is 10.6. The van der Waals surface area contributed by atoms with E-state index in [1.54, 1.807) is 30.3 Å². The van der Waals surface area contributed by atoms with Crippen LogP contribution in [0, 0.1) is 11.2 Å². The number of methoxy groups -OCH3 is 1. The van der Waals surface area contributed by atoms with E-state index in [0.29, 0.717) is 16.8 Å². The van der Waals surface area contributed by atoms with Crippen LogP contribution in [0.2, 0.25) is 0 Å². The summed E-state index contributed by atoms with van der Waals surface area (Å²) in [4.78, 5) is 11.9. The number of hydrogen-bond acceptors (Lipinski definition) is 4. The third kappa shape index (κ3) is 3.60. The number of nitrogens with one attached hydrogen (secondary N) is 2. The maximum absolute atomic E-state index is 12.9. The molecule has 0 spiro atoms. The van der Waals surface area contributed by atoms with Crippen LogP contribution in [0.1, 0.15) is 21.5 Å². The van der Waals surface area contributed by atoms with Gasteiger partial charge in [0.1, 0.15) is 11.6 Å². The number of hydrogen-bond donors (Lipinski definition) is 3. The van der Waals surface area contributed by atoms with Crippen LogP contribution in [0.15, 0.2) is 42.5 Å². The van der Waals surface area contributed by atoms with E-state index in [4.69, 9.17) is 15.9 Å². The van der Waals surface area contributed by atoms with E-state index in [9.17, 15) is 9.18 Å². The quantitative estimate of drug-likeness (QED) is 0.583. The van der Waals surface area contributed by atoms with Gasteiger partial charge in [0.15, 0.2) is 0 Å². The van der Waals surface area contributed by atoms with Gasteiger partial charge >= 0.3 is 0 Å². The summed E-state index contributed by atoms with van der Waals surface area (Å²) in [6.07, 6.45) is 3.18. The molecule has 2 aromatic carbocycles. The molecule has 0 aromatic heterocycles. The minimum Gasteiger partial charge on any atom is -0.495 e. The third-order valence-corrected chi connectivity index (χ3v) is 3.45. The summed E-state index contributed by atoms with van der Waals surface area (Å²) in [6.45, 7) is 0. The monoisotopic (exact) mass is 327 g/mol. The van der Waals surface area contributed by atoms with Crippen LogP contribution in [-0.4, -0.2) is 25.8 Å². The highest BCUT2D eigenvalue weighted by Crippen LogP contribution is 2.30. The Kier molecular flexibility index (Phi) is 5.31. The molecule has 0 radical (unpaired) electrons. The number of carbonyl (C=O) groups excluding carboxylic acids is 1. The first-order chi connectivity index (χ1) is 11.5. The van der Waals surface area contributed by atoms with E-state index in [0.717, 1.165) is 5.56 Å². The Morgan fingerprint density at radius 3 is 2.50 bits per heavy atom. The second-order valence-electron chi connectivity index (χ2n) is 4.99. The number of ether oxygens (including phenoxy) is 1. The molecule has 0 bridgehead atoms. The Morgan fingerprint density at radius 2 is 1.92 bits per heavy atom. The first-order valence-electron chi connectivity index (χ1n) is 7.19. The molecule has 5 nitrogen and oxygen atoms in total. The van der Waals surface area contributed by atoms with Crippen molar-refractivity contribution < 1.29 is 13.9 Å². The lowest BCUT2D eigenvalue weighted by atomic mass is 10.0. The molecule has 4 N–H and O–H groups in total. The van der Waals surface area contributed by atoms with Crippen LogP contribution in [-0.2, 0) is 0 Å². The van der Waals surface area contributed by atoms with E-state index < -0.39 is 0 Å². The van der Waals surface area contributed by atoms with Crippen LogP contribution in [0.25, 0.3) is 6.08 Å². The van der Waals surface area contributed by atoms with Gasteiger partial charge in [-0.1, -0.05) is 18.2 Å². The molecule has 0 aliphatic heterocycles. The van der Waals surface area contributed by atoms with Crippen LogP contribution < -0.4 is 15.8 Å². The summed E-state index contributed by atoms with van der Waals surface area (Å²) in [5.41, 5.74) is 7.73. The van der Waals surface area contributed by atoms with Gasteiger partial charge in [-0.05, 0) is 35.9 Å². The molecule has 24 heavy (non-hydrogen) atoms. The summed E-state index contributed by atoms with van der Waals surface area (Å²) < 4.78 is 18.2. The van der Waals surface area contributed by atoms with Crippen molar-refractivity contribution in [2.24, 2.45) is 0 Å². The minimum absolute atomic E-state index is 0.0828. The maximum atomic E-state index is 12.9. The number of carbonyl (C=O) groups is 1. The van der Waals surface area contributed by atoms with Gasteiger partial charge in [-0.25, -0.2) is 4.39 Å². The largest absolute Gasteiger partial charge is 0.495 e. The SMILES string of the molecule is CNC(=O)c1ccc(N)c(C(=N)/C=C/c2ccc(F)cc2)c1OC. The van der Waals surface area contributed by atoms with Gasteiger partial charge in [0, 0.05) is 12.7 Å². The van der Waals surface area contributed by atoms with E-state index in [-0.39, 0.29) is 23.2 Å². The van der Waals surface area contributed by atoms with Gasteiger partial charge in [-0.15, -0.1) is 0 Å². The summed E-state index contributed by atoms with van der Waals surface area (Å²) in [7, 11) is 2.93.